The maximum absolute atomic E-state index is 14.3. The minimum Gasteiger partial charge on any atom is -0.203 e. The third-order valence-electron chi connectivity index (χ3n) is 6.25. The Hall–Kier alpha value is -3.38. The fourth-order valence-electron chi connectivity index (χ4n) is 4.91. The van der Waals surface area contributed by atoms with Crippen molar-refractivity contribution in [2.24, 2.45) is 0 Å². The number of aryl methyl sites for hydroxylation is 3. The first-order valence-electron chi connectivity index (χ1n) is 11.8. The molecule has 0 bridgehead atoms. The normalized spacial score (nSPS) is 12.5. The van der Waals surface area contributed by atoms with Gasteiger partial charge in [0.05, 0.1) is 0 Å². The second kappa shape index (κ2) is 9.58. The van der Waals surface area contributed by atoms with Crippen LogP contribution in [0.15, 0.2) is 135 Å². The number of hydrogen-bond donors (Lipinski definition) is 0. The van der Waals surface area contributed by atoms with Crippen molar-refractivity contribution in [1.82, 2.24) is 0 Å². The molecule has 5 heteroatoms. The van der Waals surface area contributed by atoms with Gasteiger partial charge in [-0.05, 0) is 77.9 Å². The molecule has 5 rings (SSSR count). The molecule has 0 N–H and O–H groups in total. The van der Waals surface area contributed by atoms with Gasteiger partial charge >= 0.3 is 10.1 Å². The topological polar surface area (TPSA) is 43.4 Å². The van der Waals surface area contributed by atoms with Crippen molar-refractivity contribution in [2.45, 2.75) is 40.4 Å². The van der Waals surface area contributed by atoms with Crippen LogP contribution in [0.25, 0.3) is 10.8 Å². The van der Waals surface area contributed by atoms with Gasteiger partial charge in [-0.1, -0.05) is 90.5 Å². The van der Waals surface area contributed by atoms with Crippen LogP contribution in [0, 0.1) is 20.8 Å². The molecule has 0 radical (unpaired) electrons. The quantitative estimate of drug-likeness (QED) is 0.229. The van der Waals surface area contributed by atoms with Gasteiger partial charge in [0, 0.05) is 20.1 Å². The highest BCUT2D eigenvalue weighted by Gasteiger charge is 2.40. The molecule has 0 spiro atoms. The van der Waals surface area contributed by atoms with Gasteiger partial charge in [-0.2, -0.15) is 8.42 Å². The highest BCUT2D eigenvalue weighted by molar-refractivity contribution is 8.33. The molecule has 0 atom stereocenters. The molecule has 0 heterocycles. The minimum atomic E-state index is -4.20. The average Bonchev–Trinajstić information content (AvgIpc) is 2.88. The second-order valence-electron chi connectivity index (χ2n) is 8.91. The molecule has 0 saturated carbocycles. The summed E-state index contributed by atoms with van der Waals surface area (Å²) in [7, 11) is -6.87. The SMILES string of the molecule is Cc1cc(C)c(S(OS(=O)(=O)c2cccc3ccccc23)(c2ccccc2)c2ccccc2)c(C)c1. The van der Waals surface area contributed by atoms with Gasteiger partial charge in [0.2, 0.25) is 0 Å². The average molecular weight is 513 g/mol. The lowest BCUT2D eigenvalue weighted by Gasteiger charge is -2.41. The Bertz CT molecular complexity index is 1580. The van der Waals surface area contributed by atoms with Crippen molar-refractivity contribution >= 4 is 31.2 Å². The number of benzene rings is 5. The molecule has 5 aromatic rings. The van der Waals surface area contributed by atoms with E-state index in [1.54, 1.807) is 12.1 Å². The van der Waals surface area contributed by atoms with Crippen LogP contribution < -0.4 is 0 Å². The first-order valence-corrected chi connectivity index (χ1v) is 14.7. The highest BCUT2D eigenvalue weighted by Crippen LogP contribution is 2.71. The fraction of sp³-hybridized carbons (Fsp3) is 0.0968. The molecule has 0 fully saturated rings. The van der Waals surface area contributed by atoms with E-state index in [9.17, 15) is 8.42 Å². The molecule has 3 nitrogen and oxygen atoms in total. The van der Waals surface area contributed by atoms with Gasteiger partial charge in [-0.15, -0.1) is 0 Å². The molecule has 0 aliphatic rings. The fourth-order valence-corrected chi connectivity index (χ4v) is 10.7. The standard InChI is InChI=1S/C31H28O3S2/c1-23-21-24(2)31(25(3)22-23)35(27-15-6-4-7-16-27,28-17-8-5-9-18-28)34-36(32,33)30-20-12-14-26-13-10-11-19-29(26)30/h4-22H,1-3H3. The van der Waals surface area contributed by atoms with Gasteiger partial charge in [-0.3, -0.25) is 0 Å². The Kier molecular flexibility index (Phi) is 6.47. The van der Waals surface area contributed by atoms with E-state index in [0.717, 1.165) is 36.8 Å². The van der Waals surface area contributed by atoms with Gasteiger partial charge in [0.15, 0.2) is 0 Å². The third-order valence-corrected chi connectivity index (χ3v) is 11.8. The molecule has 0 aliphatic heterocycles. The van der Waals surface area contributed by atoms with Crippen LogP contribution in [0.3, 0.4) is 0 Å². The van der Waals surface area contributed by atoms with E-state index in [-0.39, 0.29) is 4.90 Å². The number of hydrogen-bond acceptors (Lipinski definition) is 3. The zero-order valence-corrected chi connectivity index (χ0v) is 22.1. The summed E-state index contributed by atoms with van der Waals surface area (Å²) in [5.41, 5.74) is 3.13. The van der Waals surface area contributed by atoms with Gasteiger partial charge in [0.1, 0.15) is 4.90 Å². The van der Waals surface area contributed by atoms with E-state index in [1.165, 1.54) is 0 Å². The lowest BCUT2D eigenvalue weighted by molar-refractivity contribution is 0.509. The Morgan fingerprint density at radius 1 is 0.583 bits per heavy atom. The summed E-state index contributed by atoms with van der Waals surface area (Å²) < 4.78 is 35.2. The molecule has 0 unspecified atom stereocenters. The molecule has 0 amide bonds. The van der Waals surface area contributed by atoms with Crippen LogP contribution >= 0.6 is 10.3 Å². The van der Waals surface area contributed by atoms with Crippen molar-refractivity contribution in [2.75, 3.05) is 0 Å². The zero-order valence-electron chi connectivity index (χ0n) is 20.5. The lowest BCUT2D eigenvalue weighted by atomic mass is 10.1. The van der Waals surface area contributed by atoms with Crippen molar-refractivity contribution in [3.63, 3.8) is 0 Å². The van der Waals surface area contributed by atoms with E-state index in [4.69, 9.17) is 3.63 Å². The molecule has 36 heavy (non-hydrogen) atoms. The van der Waals surface area contributed by atoms with Gasteiger partial charge in [0.25, 0.3) is 0 Å². The maximum atomic E-state index is 14.3. The highest BCUT2D eigenvalue weighted by atomic mass is 32.3. The molecule has 0 aliphatic carbocycles. The summed E-state index contributed by atoms with van der Waals surface area (Å²) in [5.74, 6) is 0. The summed E-state index contributed by atoms with van der Waals surface area (Å²) in [5, 5.41) is 1.50. The molecule has 0 saturated heterocycles. The van der Waals surface area contributed by atoms with Gasteiger partial charge < -0.3 is 0 Å². The molecular weight excluding hydrogens is 484 g/mol. The van der Waals surface area contributed by atoms with Crippen LogP contribution in [0.2, 0.25) is 0 Å². The van der Waals surface area contributed by atoms with E-state index < -0.39 is 20.4 Å². The monoisotopic (exact) mass is 512 g/mol. The van der Waals surface area contributed by atoms with Crippen LogP contribution in [-0.2, 0) is 13.7 Å². The Morgan fingerprint density at radius 2 is 1.08 bits per heavy atom. The van der Waals surface area contributed by atoms with Crippen molar-refractivity contribution in [3.05, 3.63) is 132 Å². The molecule has 0 aromatic heterocycles. The van der Waals surface area contributed by atoms with Crippen molar-refractivity contribution in [3.8, 4) is 0 Å². The lowest BCUT2D eigenvalue weighted by Crippen LogP contribution is -2.16. The second-order valence-corrected chi connectivity index (χ2v) is 13.3. The van der Waals surface area contributed by atoms with E-state index in [2.05, 4.69) is 19.1 Å². The molecular formula is C31H28O3S2. The largest absolute Gasteiger partial charge is 0.307 e. The maximum Gasteiger partial charge on any atom is 0.307 e. The van der Waals surface area contributed by atoms with Crippen LogP contribution in [0.1, 0.15) is 16.7 Å². The Balaban J connectivity index is 1.87. The van der Waals surface area contributed by atoms with Crippen molar-refractivity contribution in [1.29, 1.82) is 0 Å². The third kappa shape index (κ3) is 4.24. The van der Waals surface area contributed by atoms with Gasteiger partial charge in [-0.25, -0.2) is 3.63 Å². The summed E-state index contributed by atoms with van der Waals surface area (Å²) in [6, 6.07) is 36.5. The molecule has 5 aromatic carbocycles. The summed E-state index contributed by atoms with van der Waals surface area (Å²) in [4.78, 5) is 2.74. The van der Waals surface area contributed by atoms with E-state index in [1.807, 2.05) is 105 Å². The number of rotatable bonds is 6. The smallest absolute Gasteiger partial charge is 0.203 e. The molecule has 182 valence electrons. The predicted octanol–water partition coefficient (Wildman–Crippen LogP) is 8.37. The first kappa shape index (κ1) is 24.3. The predicted molar refractivity (Wildman–Crippen MR) is 148 cm³/mol. The summed E-state index contributed by atoms with van der Waals surface area (Å²) >= 11 is 0. The Morgan fingerprint density at radius 3 is 1.67 bits per heavy atom. The van der Waals surface area contributed by atoms with Crippen LogP contribution in [-0.4, -0.2) is 8.42 Å². The van der Waals surface area contributed by atoms with Crippen LogP contribution in [0.5, 0.6) is 0 Å². The zero-order chi connectivity index (χ0) is 25.3. The van der Waals surface area contributed by atoms with E-state index in [0.29, 0.717) is 5.39 Å². The number of fused-ring (bicyclic) bond motifs is 1. The first-order chi connectivity index (χ1) is 17.3. The van der Waals surface area contributed by atoms with Crippen molar-refractivity contribution < 1.29 is 12.0 Å². The Labute approximate surface area is 215 Å². The minimum absolute atomic E-state index is 0.173. The summed E-state index contributed by atoms with van der Waals surface area (Å²) in [6.07, 6.45) is 0. The van der Waals surface area contributed by atoms with Crippen LogP contribution in [0.4, 0.5) is 0 Å². The van der Waals surface area contributed by atoms with E-state index >= 15 is 0 Å². The summed E-state index contributed by atoms with van der Waals surface area (Å²) in [6.45, 7) is 6.13.